The van der Waals surface area contributed by atoms with Gasteiger partial charge in [-0.05, 0) is 24.3 Å². The number of hydrogen-bond donors (Lipinski definition) is 1. The summed E-state index contributed by atoms with van der Waals surface area (Å²) < 4.78 is 0. The minimum absolute atomic E-state index is 0.0662. The van der Waals surface area contributed by atoms with Gasteiger partial charge in [-0.1, -0.05) is 6.07 Å². The second kappa shape index (κ2) is 6.04. The number of aromatic nitrogens is 1. The van der Waals surface area contributed by atoms with E-state index in [9.17, 15) is 19.2 Å². The van der Waals surface area contributed by atoms with Crippen LogP contribution in [-0.2, 0) is 6.54 Å². The van der Waals surface area contributed by atoms with Crippen LogP contribution >= 0.6 is 0 Å². The molecular formula is C17H13N3O4. The number of aldehydes is 1. The zero-order chi connectivity index (χ0) is 17.3. The molecule has 3 rings (SSSR count). The monoisotopic (exact) mass is 323 g/mol. The van der Waals surface area contributed by atoms with Gasteiger partial charge < -0.3 is 4.90 Å². The second-order valence-corrected chi connectivity index (χ2v) is 5.37. The molecule has 0 saturated carbocycles. The smallest absolute Gasteiger partial charge is 0.258 e. The molecule has 0 spiro atoms. The van der Waals surface area contributed by atoms with Crippen molar-refractivity contribution in [1.29, 1.82) is 0 Å². The average molecular weight is 323 g/mol. The molecule has 1 aromatic carbocycles. The van der Waals surface area contributed by atoms with Crippen LogP contribution < -0.4 is 5.32 Å². The highest BCUT2D eigenvalue weighted by Gasteiger charge is 2.30. The summed E-state index contributed by atoms with van der Waals surface area (Å²) in [6.45, 7) is 0.250. The SMILES string of the molecule is CN(Cc1ccccn1)C(=O)c1cc2c(cc1C=O)C(=O)NC2=O. The van der Waals surface area contributed by atoms with E-state index in [1.54, 1.807) is 25.4 Å². The Labute approximate surface area is 137 Å². The molecule has 0 unspecified atom stereocenters. The van der Waals surface area contributed by atoms with Crippen molar-refractivity contribution in [1.82, 2.24) is 15.2 Å². The summed E-state index contributed by atoms with van der Waals surface area (Å²) in [5.41, 5.74) is 1.03. The van der Waals surface area contributed by atoms with E-state index in [0.717, 1.165) is 0 Å². The molecule has 1 aromatic heterocycles. The number of carbonyl (C=O) groups is 4. The van der Waals surface area contributed by atoms with Gasteiger partial charge in [0.1, 0.15) is 0 Å². The van der Waals surface area contributed by atoms with Gasteiger partial charge in [-0.3, -0.25) is 29.5 Å². The summed E-state index contributed by atoms with van der Waals surface area (Å²) in [5.74, 6) is -1.58. The predicted octanol–water partition coefficient (Wildman–Crippen LogP) is 1.05. The Hall–Kier alpha value is -3.35. The van der Waals surface area contributed by atoms with Crippen LogP contribution in [0.25, 0.3) is 0 Å². The van der Waals surface area contributed by atoms with Crippen molar-refractivity contribution in [2.75, 3.05) is 7.05 Å². The lowest BCUT2D eigenvalue weighted by atomic mass is 9.99. The van der Waals surface area contributed by atoms with Crippen LogP contribution in [0, 0.1) is 0 Å². The lowest BCUT2D eigenvalue weighted by Gasteiger charge is -2.18. The van der Waals surface area contributed by atoms with Gasteiger partial charge in [0.05, 0.1) is 28.9 Å². The molecule has 1 N–H and O–H groups in total. The third-order valence-corrected chi connectivity index (χ3v) is 3.74. The normalized spacial score (nSPS) is 12.5. The van der Waals surface area contributed by atoms with Crippen molar-refractivity contribution in [3.63, 3.8) is 0 Å². The van der Waals surface area contributed by atoms with Crippen molar-refractivity contribution in [3.05, 3.63) is 64.5 Å². The van der Waals surface area contributed by atoms with Crippen molar-refractivity contribution in [2.24, 2.45) is 0 Å². The van der Waals surface area contributed by atoms with Crippen molar-refractivity contribution in [3.8, 4) is 0 Å². The third-order valence-electron chi connectivity index (χ3n) is 3.74. The zero-order valence-corrected chi connectivity index (χ0v) is 12.8. The molecule has 0 radical (unpaired) electrons. The highest BCUT2D eigenvalue weighted by atomic mass is 16.2. The first-order valence-electron chi connectivity index (χ1n) is 7.15. The Balaban J connectivity index is 1.95. The van der Waals surface area contributed by atoms with E-state index in [1.807, 2.05) is 6.07 Å². The first kappa shape index (κ1) is 15.5. The van der Waals surface area contributed by atoms with Gasteiger partial charge in [-0.25, -0.2) is 0 Å². The van der Waals surface area contributed by atoms with E-state index in [1.165, 1.54) is 17.0 Å². The Morgan fingerprint density at radius 2 is 1.92 bits per heavy atom. The number of carbonyl (C=O) groups excluding carboxylic acids is 4. The van der Waals surface area contributed by atoms with E-state index in [2.05, 4.69) is 10.3 Å². The number of amides is 3. The van der Waals surface area contributed by atoms with Gasteiger partial charge >= 0.3 is 0 Å². The predicted molar refractivity (Wildman–Crippen MR) is 83.7 cm³/mol. The number of benzene rings is 1. The van der Waals surface area contributed by atoms with E-state index < -0.39 is 17.7 Å². The molecule has 0 bridgehead atoms. The minimum Gasteiger partial charge on any atom is -0.336 e. The van der Waals surface area contributed by atoms with E-state index in [0.29, 0.717) is 12.0 Å². The summed E-state index contributed by atoms with van der Waals surface area (Å²) in [6.07, 6.45) is 2.12. The van der Waals surface area contributed by atoms with Crippen molar-refractivity contribution in [2.45, 2.75) is 6.54 Å². The fourth-order valence-corrected chi connectivity index (χ4v) is 2.52. The van der Waals surface area contributed by atoms with Crippen LogP contribution in [0.2, 0.25) is 0 Å². The molecule has 24 heavy (non-hydrogen) atoms. The lowest BCUT2D eigenvalue weighted by molar-refractivity contribution is 0.0779. The Morgan fingerprint density at radius 3 is 2.54 bits per heavy atom. The molecule has 1 aliphatic heterocycles. The van der Waals surface area contributed by atoms with Crippen LogP contribution in [-0.4, -0.2) is 40.9 Å². The Kier molecular flexibility index (Phi) is 3.91. The summed E-state index contributed by atoms with van der Waals surface area (Å²) >= 11 is 0. The molecule has 0 aliphatic carbocycles. The van der Waals surface area contributed by atoms with E-state index in [4.69, 9.17) is 0 Å². The molecule has 0 atom stereocenters. The molecule has 7 heteroatoms. The van der Waals surface area contributed by atoms with Crippen molar-refractivity contribution >= 4 is 24.0 Å². The van der Waals surface area contributed by atoms with Crippen LogP contribution in [0.5, 0.6) is 0 Å². The topological polar surface area (TPSA) is 96.4 Å². The maximum absolute atomic E-state index is 12.6. The number of fused-ring (bicyclic) bond motifs is 1. The third kappa shape index (κ3) is 2.67. The largest absolute Gasteiger partial charge is 0.336 e. The maximum Gasteiger partial charge on any atom is 0.258 e. The van der Waals surface area contributed by atoms with Gasteiger partial charge in [0.25, 0.3) is 17.7 Å². The van der Waals surface area contributed by atoms with Crippen LogP contribution in [0.15, 0.2) is 36.5 Å². The fraction of sp³-hybridized carbons (Fsp3) is 0.118. The summed E-state index contributed by atoms with van der Waals surface area (Å²) in [6, 6.07) is 7.91. The molecule has 0 fully saturated rings. The molecule has 2 heterocycles. The number of hydrogen-bond acceptors (Lipinski definition) is 5. The van der Waals surface area contributed by atoms with E-state index in [-0.39, 0.29) is 28.8 Å². The number of pyridine rings is 1. The molecule has 120 valence electrons. The molecule has 7 nitrogen and oxygen atoms in total. The summed E-state index contributed by atoms with van der Waals surface area (Å²) in [7, 11) is 1.57. The fourth-order valence-electron chi connectivity index (χ4n) is 2.52. The molecular weight excluding hydrogens is 310 g/mol. The van der Waals surface area contributed by atoms with E-state index >= 15 is 0 Å². The highest BCUT2D eigenvalue weighted by Crippen LogP contribution is 2.22. The average Bonchev–Trinajstić information content (AvgIpc) is 2.87. The van der Waals surface area contributed by atoms with Gasteiger partial charge in [0.2, 0.25) is 0 Å². The number of rotatable bonds is 4. The summed E-state index contributed by atoms with van der Waals surface area (Å²) in [4.78, 5) is 52.9. The first-order chi connectivity index (χ1) is 11.5. The highest BCUT2D eigenvalue weighted by molar-refractivity contribution is 6.23. The maximum atomic E-state index is 12.6. The number of nitrogens with zero attached hydrogens (tertiary/aromatic N) is 2. The van der Waals surface area contributed by atoms with Gasteiger partial charge in [0, 0.05) is 18.8 Å². The molecule has 1 aliphatic rings. The van der Waals surface area contributed by atoms with Gasteiger partial charge in [-0.2, -0.15) is 0 Å². The number of nitrogens with one attached hydrogen (secondary N) is 1. The second-order valence-electron chi connectivity index (χ2n) is 5.37. The van der Waals surface area contributed by atoms with Crippen LogP contribution in [0.3, 0.4) is 0 Å². The van der Waals surface area contributed by atoms with Crippen molar-refractivity contribution < 1.29 is 19.2 Å². The Morgan fingerprint density at radius 1 is 1.21 bits per heavy atom. The van der Waals surface area contributed by atoms with Crippen LogP contribution in [0.1, 0.15) is 47.1 Å². The van der Waals surface area contributed by atoms with Gasteiger partial charge in [-0.15, -0.1) is 0 Å². The quantitative estimate of drug-likeness (QED) is 0.670. The molecule has 0 saturated heterocycles. The number of imide groups is 1. The lowest BCUT2D eigenvalue weighted by Crippen LogP contribution is -2.28. The minimum atomic E-state index is -0.575. The standard InChI is InChI=1S/C17H13N3O4/c1-20(8-11-4-2-3-5-18-11)17(24)12-7-14-13(6-10(12)9-21)15(22)19-16(14)23/h2-7,9H,8H2,1H3,(H,19,22,23). The zero-order valence-electron chi connectivity index (χ0n) is 12.8. The molecule has 3 amide bonds. The Bertz CT molecular complexity index is 862. The molecule has 2 aromatic rings. The van der Waals surface area contributed by atoms with Gasteiger partial charge in [0.15, 0.2) is 6.29 Å². The first-order valence-corrected chi connectivity index (χ1v) is 7.15. The summed E-state index contributed by atoms with van der Waals surface area (Å²) in [5, 5.41) is 2.14. The van der Waals surface area contributed by atoms with Crippen LogP contribution in [0.4, 0.5) is 0 Å².